The maximum Gasteiger partial charge on any atom is 0.0630 e. The van der Waals surface area contributed by atoms with E-state index in [1.807, 2.05) is 48.7 Å². The van der Waals surface area contributed by atoms with Crippen molar-refractivity contribution in [3.8, 4) is 0 Å². The highest BCUT2D eigenvalue weighted by Crippen LogP contribution is 2.02. The van der Waals surface area contributed by atoms with Gasteiger partial charge < -0.3 is 4.98 Å². The van der Waals surface area contributed by atoms with E-state index >= 15 is 0 Å². The second-order valence-electron chi connectivity index (χ2n) is 2.71. The zero-order valence-electron chi connectivity index (χ0n) is 7.14. The van der Waals surface area contributed by atoms with Gasteiger partial charge in [0.1, 0.15) is 0 Å². The Bertz CT molecular complexity index is 374. The van der Waals surface area contributed by atoms with Crippen LogP contribution in [0.2, 0.25) is 0 Å². The fourth-order valence-corrected chi connectivity index (χ4v) is 1.10. The number of nitrogens with one attached hydrogen (secondary N) is 1. The van der Waals surface area contributed by atoms with Crippen LogP contribution in [0, 0.1) is 0 Å². The Morgan fingerprint density at radius 1 is 1.08 bits per heavy atom. The van der Waals surface area contributed by atoms with Gasteiger partial charge in [-0.1, -0.05) is 6.07 Å². The minimum Gasteiger partial charge on any atom is -0.362 e. The first-order chi connectivity index (χ1) is 6.45. The fraction of sp³-hybridized carbons (Fsp3) is 0. The molecular formula is C11H10N2. The third kappa shape index (κ3) is 2.06. The molecule has 0 radical (unpaired) electrons. The van der Waals surface area contributed by atoms with Gasteiger partial charge >= 0.3 is 0 Å². The number of H-pyrrole nitrogens is 1. The van der Waals surface area contributed by atoms with Crippen LogP contribution in [-0.2, 0) is 0 Å². The molecule has 0 aliphatic rings. The van der Waals surface area contributed by atoms with Crippen molar-refractivity contribution in [3.05, 3.63) is 54.1 Å². The van der Waals surface area contributed by atoms with E-state index in [1.54, 1.807) is 6.20 Å². The molecule has 2 aromatic heterocycles. The quantitative estimate of drug-likeness (QED) is 0.737. The molecule has 0 unspecified atom stereocenters. The first kappa shape index (κ1) is 7.80. The van der Waals surface area contributed by atoms with Crippen LogP contribution in [0.5, 0.6) is 0 Å². The molecule has 0 atom stereocenters. The summed E-state index contributed by atoms with van der Waals surface area (Å²) in [5.41, 5.74) is 2.06. The molecule has 1 N–H and O–H groups in total. The number of pyridine rings is 1. The van der Waals surface area contributed by atoms with Crippen LogP contribution in [0.1, 0.15) is 11.4 Å². The Hall–Kier alpha value is -1.83. The average Bonchev–Trinajstić information content (AvgIpc) is 2.69. The standard InChI is InChI=1S/C11H10N2/c1-2-8-12-10(4-1)6-7-11-5-3-9-13-11/h1-9,13H. The van der Waals surface area contributed by atoms with Crippen LogP contribution >= 0.6 is 0 Å². The lowest BCUT2D eigenvalue weighted by atomic mass is 10.3. The van der Waals surface area contributed by atoms with E-state index in [9.17, 15) is 0 Å². The molecule has 0 saturated carbocycles. The first-order valence-corrected chi connectivity index (χ1v) is 4.18. The minimum atomic E-state index is 0.970. The van der Waals surface area contributed by atoms with E-state index in [-0.39, 0.29) is 0 Å². The van der Waals surface area contributed by atoms with Crippen molar-refractivity contribution in [1.82, 2.24) is 9.97 Å². The number of rotatable bonds is 2. The molecule has 0 aliphatic heterocycles. The molecule has 2 heteroatoms. The van der Waals surface area contributed by atoms with E-state index < -0.39 is 0 Å². The van der Waals surface area contributed by atoms with Gasteiger partial charge in [0, 0.05) is 18.1 Å². The van der Waals surface area contributed by atoms with Crippen molar-refractivity contribution in [3.63, 3.8) is 0 Å². The molecule has 13 heavy (non-hydrogen) atoms. The lowest BCUT2D eigenvalue weighted by Gasteiger charge is -1.89. The van der Waals surface area contributed by atoms with Crippen molar-refractivity contribution in [2.45, 2.75) is 0 Å². The molecule has 0 aromatic carbocycles. The minimum absolute atomic E-state index is 0.970. The van der Waals surface area contributed by atoms with Gasteiger partial charge in [0.2, 0.25) is 0 Å². The average molecular weight is 170 g/mol. The molecule has 0 aliphatic carbocycles. The van der Waals surface area contributed by atoms with Gasteiger partial charge in [-0.3, -0.25) is 4.98 Å². The van der Waals surface area contributed by atoms with Gasteiger partial charge in [-0.15, -0.1) is 0 Å². The van der Waals surface area contributed by atoms with Gasteiger partial charge in [0.05, 0.1) is 5.69 Å². The molecule has 0 spiro atoms. The van der Waals surface area contributed by atoms with Gasteiger partial charge in [0.15, 0.2) is 0 Å². The third-order valence-electron chi connectivity index (χ3n) is 1.74. The highest BCUT2D eigenvalue weighted by molar-refractivity contribution is 5.65. The molecule has 2 heterocycles. The Balaban J connectivity index is 2.15. The van der Waals surface area contributed by atoms with Gasteiger partial charge in [-0.2, -0.15) is 0 Å². The van der Waals surface area contributed by atoms with Crippen molar-refractivity contribution in [1.29, 1.82) is 0 Å². The summed E-state index contributed by atoms with van der Waals surface area (Å²) in [5.74, 6) is 0. The number of hydrogen-bond acceptors (Lipinski definition) is 1. The van der Waals surface area contributed by atoms with Crippen molar-refractivity contribution in [2.75, 3.05) is 0 Å². The van der Waals surface area contributed by atoms with E-state index in [2.05, 4.69) is 9.97 Å². The number of aromatic amines is 1. The highest BCUT2D eigenvalue weighted by atomic mass is 14.7. The Labute approximate surface area is 77.0 Å². The molecule has 2 nitrogen and oxygen atoms in total. The summed E-state index contributed by atoms with van der Waals surface area (Å²) in [6.07, 6.45) is 7.67. The Morgan fingerprint density at radius 2 is 2.08 bits per heavy atom. The summed E-state index contributed by atoms with van der Waals surface area (Å²) in [6, 6.07) is 9.84. The maximum absolute atomic E-state index is 4.18. The Kier molecular flexibility index (Phi) is 2.23. The van der Waals surface area contributed by atoms with Gasteiger partial charge in [0.25, 0.3) is 0 Å². The van der Waals surface area contributed by atoms with Gasteiger partial charge in [-0.25, -0.2) is 0 Å². The predicted molar refractivity (Wildman–Crippen MR) is 54.0 cm³/mol. The smallest absolute Gasteiger partial charge is 0.0630 e. The molecule has 0 bridgehead atoms. The monoisotopic (exact) mass is 170 g/mol. The molecule has 2 rings (SSSR count). The zero-order valence-corrected chi connectivity index (χ0v) is 7.14. The van der Waals surface area contributed by atoms with Crippen LogP contribution < -0.4 is 0 Å². The third-order valence-corrected chi connectivity index (χ3v) is 1.74. The van der Waals surface area contributed by atoms with Crippen LogP contribution in [-0.4, -0.2) is 9.97 Å². The molecule has 2 aromatic rings. The molecule has 0 saturated heterocycles. The SMILES string of the molecule is C(=Cc1ccc[nH]1)c1ccccn1. The van der Waals surface area contributed by atoms with Crippen molar-refractivity contribution < 1.29 is 0 Å². The molecule has 64 valence electrons. The normalized spacial score (nSPS) is 10.8. The lowest BCUT2D eigenvalue weighted by molar-refractivity contribution is 1.30. The Morgan fingerprint density at radius 3 is 2.77 bits per heavy atom. The maximum atomic E-state index is 4.18. The fourth-order valence-electron chi connectivity index (χ4n) is 1.10. The number of aromatic nitrogens is 2. The van der Waals surface area contributed by atoms with Crippen LogP contribution in [0.15, 0.2) is 42.7 Å². The summed E-state index contributed by atoms with van der Waals surface area (Å²) in [4.78, 5) is 7.27. The van der Waals surface area contributed by atoms with Crippen LogP contribution in [0.25, 0.3) is 12.2 Å². The first-order valence-electron chi connectivity index (χ1n) is 4.18. The second-order valence-corrected chi connectivity index (χ2v) is 2.71. The largest absolute Gasteiger partial charge is 0.362 e. The number of hydrogen-bond donors (Lipinski definition) is 1. The van der Waals surface area contributed by atoms with Crippen molar-refractivity contribution in [2.24, 2.45) is 0 Å². The van der Waals surface area contributed by atoms with Gasteiger partial charge in [-0.05, 0) is 36.4 Å². The van der Waals surface area contributed by atoms with E-state index in [0.29, 0.717) is 0 Å². The van der Waals surface area contributed by atoms with Crippen LogP contribution in [0.3, 0.4) is 0 Å². The van der Waals surface area contributed by atoms with Crippen molar-refractivity contribution >= 4 is 12.2 Å². The molecule has 0 fully saturated rings. The lowest BCUT2D eigenvalue weighted by Crippen LogP contribution is -1.76. The molecule has 0 amide bonds. The second kappa shape index (κ2) is 3.72. The summed E-state index contributed by atoms with van der Waals surface area (Å²) in [5, 5.41) is 0. The number of nitrogens with zero attached hydrogens (tertiary/aromatic N) is 1. The summed E-state index contributed by atoms with van der Waals surface area (Å²) >= 11 is 0. The predicted octanol–water partition coefficient (Wildman–Crippen LogP) is 2.58. The summed E-state index contributed by atoms with van der Waals surface area (Å²) in [6.45, 7) is 0. The summed E-state index contributed by atoms with van der Waals surface area (Å²) < 4.78 is 0. The van der Waals surface area contributed by atoms with E-state index in [4.69, 9.17) is 0 Å². The molecular weight excluding hydrogens is 160 g/mol. The summed E-state index contributed by atoms with van der Waals surface area (Å²) in [7, 11) is 0. The van der Waals surface area contributed by atoms with E-state index in [1.165, 1.54) is 0 Å². The highest BCUT2D eigenvalue weighted by Gasteiger charge is 1.86. The zero-order chi connectivity index (χ0) is 8.93. The van der Waals surface area contributed by atoms with E-state index in [0.717, 1.165) is 11.4 Å². The van der Waals surface area contributed by atoms with Crippen LogP contribution in [0.4, 0.5) is 0 Å². The topological polar surface area (TPSA) is 28.7 Å².